The van der Waals surface area contributed by atoms with E-state index in [2.05, 4.69) is 63.8 Å². The molecule has 13 amide bonds. The Morgan fingerprint density at radius 2 is 0.755 bits per heavy atom. The number of aliphatic hydroxyl groups is 1. The largest absolute Gasteiger partial charge is 0.481 e. The maximum absolute atomic E-state index is 14.7. The Labute approximate surface area is 597 Å². The quantitative estimate of drug-likeness (QED) is 0.0296. The molecule has 0 aliphatic rings. The number of unbranched alkanes of at least 4 members (excludes halogenated alkanes) is 2. The van der Waals surface area contributed by atoms with Gasteiger partial charge >= 0.3 is 11.9 Å². The summed E-state index contributed by atoms with van der Waals surface area (Å²) in [5, 5.41) is 60.1. The van der Waals surface area contributed by atoms with Crippen LogP contribution in [0.4, 0.5) is 0 Å². The van der Waals surface area contributed by atoms with Crippen LogP contribution in [0.3, 0.4) is 0 Å². The Hall–Kier alpha value is -8.89. The van der Waals surface area contributed by atoms with Crippen LogP contribution in [0.2, 0.25) is 0 Å². The first-order valence-electron chi connectivity index (χ1n) is 35.2. The van der Waals surface area contributed by atoms with E-state index in [1.54, 1.807) is 85.7 Å². The van der Waals surface area contributed by atoms with Crippen molar-refractivity contribution in [3.05, 3.63) is 35.9 Å². The van der Waals surface area contributed by atoms with E-state index in [1.165, 1.54) is 6.92 Å². The average Bonchev–Trinajstić information content (AvgIpc) is 0.850. The van der Waals surface area contributed by atoms with Gasteiger partial charge in [0.1, 0.15) is 72.5 Å². The highest BCUT2D eigenvalue weighted by Crippen LogP contribution is 2.17. The number of hydrogen-bond acceptors (Lipinski definition) is 19. The first-order valence-corrected chi connectivity index (χ1v) is 35.2. The molecule has 1 aromatic rings. The van der Waals surface area contributed by atoms with E-state index in [0.717, 1.165) is 0 Å². The Morgan fingerprint density at radius 1 is 0.392 bits per heavy atom. The zero-order valence-electron chi connectivity index (χ0n) is 60.9. The molecule has 0 bridgehead atoms. The second-order valence-corrected chi connectivity index (χ2v) is 26.4. The van der Waals surface area contributed by atoms with Gasteiger partial charge in [-0.3, -0.25) is 71.9 Å². The van der Waals surface area contributed by atoms with Crippen LogP contribution in [0.25, 0.3) is 0 Å². The molecule has 0 saturated carbocycles. The maximum atomic E-state index is 14.7. The first kappa shape index (κ1) is 91.1. The molecule has 34 nitrogen and oxygen atoms in total. The smallest absolute Gasteiger partial charge is 0.305 e. The summed E-state index contributed by atoms with van der Waals surface area (Å²) in [6.07, 6.45) is 0.392. The summed E-state index contributed by atoms with van der Waals surface area (Å²) in [4.78, 5) is 204. The predicted molar refractivity (Wildman–Crippen MR) is 377 cm³/mol. The number of carboxylic acids is 2. The van der Waals surface area contributed by atoms with Gasteiger partial charge in [0, 0.05) is 12.8 Å². The Bertz CT molecular complexity index is 2930. The lowest BCUT2D eigenvalue weighted by molar-refractivity contribution is -0.142. The summed E-state index contributed by atoms with van der Waals surface area (Å²) in [5.41, 5.74) is 23.2. The van der Waals surface area contributed by atoms with E-state index in [1.807, 2.05) is 13.8 Å². The van der Waals surface area contributed by atoms with Crippen LogP contribution in [-0.4, -0.2) is 203 Å². The highest BCUT2D eigenvalue weighted by atomic mass is 16.4. The molecule has 0 aliphatic heterocycles. The minimum Gasteiger partial charge on any atom is -0.481 e. The van der Waals surface area contributed by atoms with Gasteiger partial charge < -0.3 is 102 Å². The Kier molecular flexibility index (Phi) is 42.9. The van der Waals surface area contributed by atoms with Crippen LogP contribution < -0.4 is 86.7 Å². The van der Waals surface area contributed by atoms with E-state index >= 15 is 0 Å². The number of amides is 13. The average molecular weight is 1450 g/mol. The van der Waals surface area contributed by atoms with Gasteiger partial charge in [0.15, 0.2) is 0 Å². The lowest BCUT2D eigenvalue weighted by atomic mass is 9.94. The molecule has 0 aromatic heterocycles. The zero-order valence-corrected chi connectivity index (χ0v) is 60.9. The number of carbonyl (C=O) groups is 15. The standard InChI is InChI=1S/C68H116N16O18/c1-12-37(7)53(57(72)91)81-65(99)49(35-85)80-60(94)45(27-28-51(87)88)75-58(92)41(11)73-66(100)54(38(8)13-2)82-61(95)44(26-20-22-30-70)76-59(93)43(25-19-21-29-69)77-67(101)55(39(9)14-3)84-68(102)56(40(10)15-4)83-64(98)48(33-52(89)90)79-63(97)47(32-42-23-17-16-18-24-42)78-62(96)46(31-36(5)6)74-50(86)34-71/h16-18,23-24,36-41,43-49,53-56,85H,12-15,19-22,25-35,69-71H2,1-11H3,(H2,72,91)(H,73,100)(H,74,86)(H,75,92)(H,76,93)(H,77,101)(H,78,96)(H,79,97)(H,80,94)(H,81,99)(H,82,95)(H,83,98)(H,84,102)(H,87,88)(H,89,90)/t37-,38-,39-,40-,41-,43-,44-,45-,46-,47-,48-,49-,53-,54-,55-,56-/m0/s1. The van der Waals surface area contributed by atoms with Gasteiger partial charge in [-0.05, 0) is 107 Å². The van der Waals surface area contributed by atoms with E-state index in [0.29, 0.717) is 24.8 Å². The van der Waals surface area contributed by atoms with Crippen LogP contribution in [0.1, 0.15) is 172 Å². The summed E-state index contributed by atoms with van der Waals surface area (Å²) in [6.45, 7) is 17.3. The highest BCUT2D eigenvalue weighted by Gasteiger charge is 2.40. The highest BCUT2D eigenvalue weighted by molar-refractivity contribution is 6.00. The number of carbonyl (C=O) groups excluding carboxylic acids is 13. The van der Waals surface area contributed by atoms with Gasteiger partial charge in [0.05, 0.1) is 19.6 Å². The van der Waals surface area contributed by atoms with Crippen molar-refractivity contribution in [2.45, 2.75) is 245 Å². The second-order valence-electron chi connectivity index (χ2n) is 26.4. The van der Waals surface area contributed by atoms with Crippen molar-refractivity contribution in [2.24, 2.45) is 52.5 Å². The Morgan fingerprint density at radius 3 is 1.20 bits per heavy atom. The fraction of sp³-hybridized carbons (Fsp3) is 0.691. The molecule has 0 saturated heterocycles. The number of rotatable bonds is 51. The van der Waals surface area contributed by atoms with Crippen molar-refractivity contribution in [3.8, 4) is 0 Å². The topological polar surface area (TPSA) is 565 Å². The number of aliphatic hydroxyl groups excluding tert-OH is 1. The number of carboxylic acid groups (broad SMARTS) is 2. The van der Waals surface area contributed by atoms with Crippen LogP contribution in [-0.2, 0) is 78.3 Å². The molecule has 0 heterocycles. The van der Waals surface area contributed by atoms with Gasteiger partial charge in [-0.25, -0.2) is 0 Å². The van der Waals surface area contributed by atoms with Crippen molar-refractivity contribution in [1.29, 1.82) is 0 Å². The number of benzene rings is 1. The molecular weight excluding hydrogens is 1330 g/mol. The van der Waals surface area contributed by atoms with Crippen LogP contribution in [0.15, 0.2) is 30.3 Å². The van der Waals surface area contributed by atoms with Crippen molar-refractivity contribution >= 4 is 88.7 Å². The lowest BCUT2D eigenvalue weighted by Crippen LogP contribution is -2.62. The van der Waals surface area contributed by atoms with E-state index < -0.39 is 217 Å². The number of primary amides is 1. The normalized spacial score (nSPS) is 15.9. The minimum atomic E-state index is -1.84. The molecule has 0 fully saturated rings. The molecule has 1 rings (SSSR count). The second kappa shape index (κ2) is 48.1. The van der Waals surface area contributed by atoms with E-state index in [-0.39, 0.29) is 76.8 Å². The summed E-state index contributed by atoms with van der Waals surface area (Å²) >= 11 is 0. The van der Waals surface area contributed by atoms with Crippen molar-refractivity contribution in [1.82, 2.24) is 63.8 Å². The Balaban J connectivity index is 3.63. The fourth-order valence-corrected chi connectivity index (χ4v) is 10.5. The monoisotopic (exact) mass is 1440 g/mol. The molecular formula is C68H116N16O18. The third kappa shape index (κ3) is 32.8. The third-order valence-electron chi connectivity index (χ3n) is 17.7. The minimum absolute atomic E-state index is 0.0282. The van der Waals surface area contributed by atoms with Gasteiger partial charge in [-0.15, -0.1) is 0 Å². The summed E-state index contributed by atoms with van der Waals surface area (Å²) in [6, 6.07) is -8.89. The van der Waals surface area contributed by atoms with Crippen molar-refractivity contribution < 1.29 is 87.2 Å². The molecule has 1 aromatic carbocycles. The molecule has 0 unspecified atom stereocenters. The fourth-order valence-electron chi connectivity index (χ4n) is 10.5. The van der Waals surface area contributed by atoms with Crippen LogP contribution >= 0.6 is 0 Å². The lowest BCUT2D eigenvalue weighted by Gasteiger charge is -2.31. The van der Waals surface area contributed by atoms with Crippen molar-refractivity contribution in [3.63, 3.8) is 0 Å². The van der Waals surface area contributed by atoms with Gasteiger partial charge in [0.25, 0.3) is 0 Å². The molecule has 102 heavy (non-hydrogen) atoms. The van der Waals surface area contributed by atoms with Crippen LogP contribution in [0.5, 0.6) is 0 Å². The van der Waals surface area contributed by atoms with Gasteiger partial charge in [-0.1, -0.05) is 125 Å². The van der Waals surface area contributed by atoms with E-state index in [4.69, 9.17) is 22.9 Å². The molecule has 16 atom stereocenters. The molecule has 0 aliphatic carbocycles. The molecule has 23 N–H and O–H groups in total. The first-order chi connectivity index (χ1) is 48.1. The number of aliphatic carboxylic acids is 2. The summed E-state index contributed by atoms with van der Waals surface area (Å²) < 4.78 is 0. The van der Waals surface area contributed by atoms with Crippen molar-refractivity contribution in [2.75, 3.05) is 26.2 Å². The molecule has 0 radical (unpaired) electrons. The number of nitrogens with two attached hydrogens (primary N) is 4. The zero-order chi connectivity index (χ0) is 77.5. The molecule has 0 spiro atoms. The van der Waals surface area contributed by atoms with Gasteiger partial charge in [0.2, 0.25) is 76.8 Å². The van der Waals surface area contributed by atoms with Crippen LogP contribution in [0, 0.1) is 29.6 Å². The molecule has 576 valence electrons. The molecule has 34 heteroatoms. The summed E-state index contributed by atoms with van der Waals surface area (Å²) in [7, 11) is 0. The van der Waals surface area contributed by atoms with Gasteiger partial charge in [-0.2, -0.15) is 0 Å². The summed E-state index contributed by atoms with van der Waals surface area (Å²) in [5.74, 6) is -17.2. The number of nitrogens with one attached hydrogen (secondary N) is 12. The maximum Gasteiger partial charge on any atom is 0.305 e. The SMILES string of the molecule is CC[C@H](C)[C@H](NC(=O)[C@H](CO)NC(=O)[C@H](CCC(=O)O)NC(=O)[C@H](C)NC(=O)[C@@H](NC(=O)[C@H](CCCCN)NC(=O)[C@H](CCCCN)NC(=O)[C@@H](NC(=O)[C@@H](NC(=O)[C@H](CC(=O)O)NC(=O)[C@H](Cc1ccccc1)NC(=O)[C@H](CC(C)C)NC(=O)CN)[C@@H](C)CC)[C@@H](C)CC)[C@@H](C)CC)C(N)=O. The number of hydrogen-bond donors (Lipinski definition) is 19. The predicted octanol–water partition coefficient (Wildman–Crippen LogP) is -2.67. The van der Waals surface area contributed by atoms with E-state index in [9.17, 15) is 87.2 Å². The third-order valence-corrected chi connectivity index (χ3v) is 17.7.